The number of rotatable bonds is 5. The molecule has 3 aromatic heterocycles. The monoisotopic (exact) mass is 326 g/mol. The number of aliphatic hydroxyl groups is 1. The van der Waals surface area contributed by atoms with Crippen molar-refractivity contribution in [2.24, 2.45) is 0 Å². The van der Waals surface area contributed by atoms with Crippen molar-refractivity contribution in [2.75, 3.05) is 19.6 Å². The SMILES string of the molecule is O[C@H](CN1CCC(c2nnc3ccccn23)CC1)Cn1cccn1. The first-order valence-electron chi connectivity index (χ1n) is 8.47. The van der Waals surface area contributed by atoms with Crippen molar-refractivity contribution in [1.82, 2.24) is 29.3 Å². The third-order valence-electron chi connectivity index (χ3n) is 4.72. The summed E-state index contributed by atoms with van der Waals surface area (Å²) in [5.41, 5.74) is 0.907. The summed E-state index contributed by atoms with van der Waals surface area (Å²) in [7, 11) is 0. The molecule has 1 aliphatic rings. The van der Waals surface area contributed by atoms with E-state index in [4.69, 9.17) is 0 Å². The number of fused-ring (bicyclic) bond motifs is 1. The Labute approximate surface area is 140 Å². The van der Waals surface area contributed by atoms with Gasteiger partial charge in [-0.2, -0.15) is 5.10 Å². The summed E-state index contributed by atoms with van der Waals surface area (Å²) in [5, 5.41) is 23.0. The molecule has 7 heteroatoms. The van der Waals surface area contributed by atoms with Crippen LogP contribution in [0.1, 0.15) is 24.6 Å². The zero-order valence-corrected chi connectivity index (χ0v) is 13.6. The number of pyridine rings is 1. The van der Waals surface area contributed by atoms with Gasteiger partial charge in [-0.15, -0.1) is 10.2 Å². The molecule has 1 N–H and O–H groups in total. The average molecular weight is 326 g/mol. The fourth-order valence-corrected chi connectivity index (χ4v) is 3.49. The molecule has 0 saturated carbocycles. The summed E-state index contributed by atoms with van der Waals surface area (Å²) < 4.78 is 3.87. The van der Waals surface area contributed by atoms with Gasteiger partial charge in [0.15, 0.2) is 5.65 Å². The summed E-state index contributed by atoms with van der Waals surface area (Å²) in [6, 6.07) is 7.86. The van der Waals surface area contributed by atoms with Crippen LogP contribution >= 0.6 is 0 Å². The summed E-state index contributed by atoms with van der Waals surface area (Å²) in [5.74, 6) is 1.49. The van der Waals surface area contributed by atoms with E-state index in [0.717, 1.165) is 37.4 Å². The molecule has 4 heterocycles. The van der Waals surface area contributed by atoms with Crippen LogP contribution in [0, 0.1) is 0 Å². The van der Waals surface area contributed by atoms with Gasteiger partial charge >= 0.3 is 0 Å². The number of likely N-dealkylation sites (tertiary alicyclic amines) is 1. The van der Waals surface area contributed by atoms with Crippen LogP contribution in [0.15, 0.2) is 42.9 Å². The third kappa shape index (κ3) is 3.18. The molecule has 1 fully saturated rings. The Hall–Kier alpha value is -2.25. The standard InChI is InChI=1S/C17H22N6O/c24-15(13-22-8-3-7-18-22)12-21-10-5-14(6-11-21)17-20-19-16-4-1-2-9-23(16)17/h1-4,7-9,14-15,24H,5-6,10-13H2/t15-/m1/s1. The first kappa shape index (κ1) is 15.3. The molecular formula is C17H22N6O. The molecule has 0 aromatic carbocycles. The first-order valence-corrected chi connectivity index (χ1v) is 8.47. The predicted molar refractivity (Wildman–Crippen MR) is 89.6 cm³/mol. The van der Waals surface area contributed by atoms with Crippen molar-refractivity contribution in [3.63, 3.8) is 0 Å². The Kier molecular flexibility index (Phi) is 4.27. The maximum absolute atomic E-state index is 10.2. The van der Waals surface area contributed by atoms with Gasteiger partial charge in [-0.05, 0) is 44.1 Å². The number of hydrogen-bond acceptors (Lipinski definition) is 5. The fourth-order valence-electron chi connectivity index (χ4n) is 3.49. The molecule has 126 valence electrons. The van der Waals surface area contributed by atoms with E-state index in [9.17, 15) is 5.11 Å². The molecule has 4 rings (SSSR count). The Morgan fingerprint density at radius 3 is 2.75 bits per heavy atom. The molecule has 0 bridgehead atoms. The molecular weight excluding hydrogens is 304 g/mol. The highest BCUT2D eigenvalue weighted by Crippen LogP contribution is 2.27. The van der Waals surface area contributed by atoms with Crippen LogP contribution < -0.4 is 0 Å². The molecule has 0 aliphatic carbocycles. The zero-order valence-electron chi connectivity index (χ0n) is 13.6. The molecule has 3 aromatic rings. The quantitative estimate of drug-likeness (QED) is 0.762. The number of aliphatic hydroxyl groups excluding tert-OH is 1. The van der Waals surface area contributed by atoms with Crippen LogP contribution in [0.2, 0.25) is 0 Å². The Morgan fingerprint density at radius 2 is 1.96 bits per heavy atom. The lowest BCUT2D eigenvalue weighted by molar-refractivity contribution is 0.0817. The summed E-state index contributed by atoms with van der Waals surface area (Å²) >= 11 is 0. The van der Waals surface area contributed by atoms with Gasteiger partial charge in [-0.3, -0.25) is 9.08 Å². The fraction of sp³-hybridized carbons (Fsp3) is 0.471. The third-order valence-corrected chi connectivity index (χ3v) is 4.72. The highest BCUT2D eigenvalue weighted by Gasteiger charge is 2.25. The van der Waals surface area contributed by atoms with E-state index in [1.807, 2.05) is 36.7 Å². The minimum Gasteiger partial charge on any atom is -0.390 e. The van der Waals surface area contributed by atoms with Gasteiger partial charge in [-0.25, -0.2) is 0 Å². The minimum absolute atomic E-state index is 0.393. The predicted octanol–water partition coefficient (Wildman–Crippen LogP) is 1.17. The van der Waals surface area contributed by atoms with E-state index in [2.05, 4.69) is 24.6 Å². The van der Waals surface area contributed by atoms with Crippen molar-refractivity contribution < 1.29 is 5.11 Å². The molecule has 0 amide bonds. The van der Waals surface area contributed by atoms with Crippen molar-refractivity contribution in [2.45, 2.75) is 31.4 Å². The molecule has 7 nitrogen and oxygen atoms in total. The van der Waals surface area contributed by atoms with Crippen molar-refractivity contribution in [1.29, 1.82) is 0 Å². The maximum Gasteiger partial charge on any atom is 0.160 e. The van der Waals surface area contributed by atoms with Crippen LogP contribution in [-0.2, 0) is 6.54 Å². The Morgan fingerprint density at radius 1 is 1.08 bits per heavy atom. The van der Waals surface area contributed by atoms with E-state index in [-0.39, 0.29) is 0 Å². The Bertz CT molecular complexity index is 775. The molecule has 0 spiro atoms. The number of nitrogens with zero attached hydrogens (tertiary/aromatic N) is 6. The Balaban J connectivity index is 1.33. The van der Waals surface area contributed by atoms with E-state index in [1.54, 1.807) is 10.9 Å². The van der Waals surface area contributed by atoms with Crippen LogP contribution in [0.25, 0.3) is 5.65 Å². The lowest BCUT2D eigenvalue weighted by atomic mass is 9.96. The molecule has 1 atom stereocenters. The normalized spacial score (nSPS) is 18.2. The second kappa shape index (κ2) is 6.70. The zero-order chi connectivity index (χ0) is 16.4. The van der Waals surface area contributed by atoms with Gasteiger partial charge in [0.25, 0.3) is 0 Å². The number of hydrogen-bond donors (Lipinski definition) is 1. The van der Waals surface area contributed by atoms with E-state index >= 15 is 0 Å². The van der Waals surface area contributed by atoms with E-state index in [0.29, 0.717) is 19.0 Å². The number of piperidine rings is 1. The summed E-state index contributed by atoms with van der Waals surface area (Å²) in [4.78, 5) is 2.33. The van der Waals surface area contributed by atoms with Crippen molar-refractivity contribution >= 4 is 5.65 Å². The first-order chi connectivity index (χ1) is 11.8. The van der Waals surface area contributed by atoms with Crippen LogP contribution in [0.5, 0.6) is 0 Å². The second-order valence-corrected chi connectivity index (χ2v) is 6.44. The average Bonchev–Trinajstić information content (AvgIpc) is 3.25. The number of β-amino-alcohol motifs (C(OH)–C–C–N with tert-alkyl or cyclic N) is 1. The van der Waals surface area contributed by atoms with Crippen molar-refractivity contribution in [3.05, 3.63) is 48.7 Å². The van der Waals surface area contributed by atoms with Gasteiger partial charge in [-0.1, -0.05) is 6.07 Å². The van der Waals surface area contributed by atoms with Crippen LogP contribution in [0.4, 0.5) is 0 Å². The molecule has 1 aliphatic heterocycles. The van der Waals surface area contributed by atoms with E-state index < -0.39 is 6.10 Å². The molecule has 1 saturated heterocycles. The lowest BCUT2D eigenvalue weighted by Crippen LogP contribution is -2.40. The largest absolute Gasteiger partial charge is 0.390 e. The highest BCUT2D eigenvalue weighted by atomic mass is 16.3. The maximum atomic E-state index is 10.2. The van der Waals surface area contributed by atoms with E-state index in [1.165, 1.54) is 0 Å². The van der Waals surface area contributed by atoms with Gasteiger partial charge < -0.3 is 10.0 Å². The second-order valence-electron chi connectivity index (χ2n) is 6.44. The summed E-state index contributed by atoms with van der Waals surface area (Å²) in [6.45, 7) is 3.18. The lowest BCUT2D eigenvalue weighted by Gasteiger charge is -2.32. The minimum atomic E-state index is -0.393. The van der Waals surface area contributed by atoms with Gasteiger partial charge in [0.05, 0.1) is 12.6 Å². The van der Waals surface area contributed by atoms with Gasteiger partial charge in [0.1, 0.15) is 5.82 Å². The topological polar surface area (TPSA) is 71.5 Å². The van der Waals surface area contributed by atoms with Gasteiger partial charge in [0, 0.05) is 31.1 Å². The van der Waals surface area contributed by atoms with Crippen molar-refractivity contribution in [3.8, 4) is 0 Å². The molecule has 24 heavy (non-hydrogen) atoms. The smallest absolute Gasteiger partial charge is 0.160 e. The molecule has 0 unspecified atom stereocenters. The molecule has 0 radical (unpaired) electrons. The van der Waals surface area contributed by atoms with Crippen LogP contribution in [-0.4, -0.2) is 60.1 Å². The number of aromatic nitrogens is 5. The highest BCUT2D eigenvalue weighted by molar-refractivity contribution is 5.37. The van der Waals surface area contributed by atoms with Crippen LogP contribution in [0.3, 0.4) is 0 Å². The summed E-state index contributed by atoms with van der Waals surface area (Å²) in [6.07, 6.45) is 7.35. The van der Waals surface area contributed by atoms with Gasteiger partial charge in [0.2, 0.25) is 0 Å².